The highest BCUT2D eigenvalue weighted by atomic mass is 16.6. The molecule has 0 spiro atoms. The van der Waals surface area contributed by atoms with Crippen LogP contribution in [-0.4, -0.2) is 46.8 Å². The minimum atomic E-state index is -1.17. The van der Waals surface area contributed by atoms with Gasteiger partial charge in [-0.1, -0.05) is 41.5 Å². The molecule has 0 aromatic heterocycles. The van der Waals surface area contributed by atoms with Crippen LogP contribution >= 0.6 is 0 Å². The largest absolute Gasteiger partial charge is 0.458 e. The number of carbonyl (C=O) groups excluding carboxylic acids is 3. The summed E-state index contributed by atoms with van der Waals surface area (Å²) >= 11 is 0. The van der Waals surface area contributed by atoms with Gasteiger partial charge in [-0.3, -0.25) is 9.59 Å². The fourth-order valence-corrected chi connectivity index (χ4v) is 5.55. The number of Topliss-reactive ketones (excluding diaryl/α,β-unsaturated/α-hetero) is 1. The number of amides is 1. The summed E-state index contributed by atoms with van der Waals surface area (Å²) in [5.74, 6) is -2.04. The number of hydrogen-bond acceptors (Lipinski definition) is 6. The quantitative estimate of drug-likeness (QED) is 0.624. The van der Waals surface area contributed by atoms with Crippen LogP contribution in [0.1, 0.15) is 74.7 Å². The molecular weight excluding hydrogens is 386 g/mol. The van der Waals surface area contributed by atoms with Crippen LogP contribution in [0, 0.1) is 29.1 Å². The monoisotopic (exact) mass is 425 g/mol. The molecule has 2 N–H and O–H groups in total. The maximum absolute atomic E-state index is 13.3. The molecule has 7 nitrogen and oxygen atoms in total. The van der Waals surface area contributed by atoms with Gasteiger partial charge in [-0.2, -0.15) is 0 Å². The van der Waals surface area contributed by atoms with Crippen molar-refractivity contribution in [3.05, 3.63) is 0 Å². The van der Waals surface area contributed by atoms with Crippen LogP contribution < -0.4 is 5.32 Å². The van der Waals surface area contributed by atoms with Gasteiger partial charge in [0.15, 0.2) is 5.60 Å². The van der Waals surface area contributed by atoms with Crippen molar-refractivity contribution >= 4 is 17.8 Å². The van der Waals surface area contributed by atoms with Crippen molar-refractivity contribution in [3.63, 3.8) is 0 Å². The third kappa shape index (κ3) is 4.82. The maximum Gasteiger partial charge on any atom is 0.408 e. The molecule has 0 aromatic rings. The minimum Gasteiger partial charge on any atom is -0.458 e. The molecule has 2 aliphatic rings. The average Bonchev–Trinajstić information content (AvgIpc) is 2.96. The number of rotatable bonds is 1. The lowest BCUT2D eigenvalue weighted by Gasteiger charge is -2.40. The van der Waals surface area contributed by atoms with E-state index in [4.69, 9.17) is 9.47 Å². The van der Waals surface area contributed by atoms with Gasteiger partial charge >= 0.3 is 12.1 Å². The van der Waals surface area contributed by atoms with Crippen LogP contribution in [-0.2, 0) is 19.1 Å². The summed E-state index contributed by atoms with van der Waals surface area (Å²) < 4.78 is 11.4. The van der Waals surface area contributed by atoms with E-state index in [-0.39, 0.29) is 23.0 Å². The van der Waals surface area contributed by atoms with Gasteiger partial charge in [-0.05, 0) is 44.4 Å². The van der Waals surface area contributed by atoms with E-state index >= 15 is 0 Å². The van der Waals surface area contributed by atoms with Crippen molar-refractivity contribution in [1.82, 2.24) is 5.32 Å². The molecule has 2 fully saturated rings. The van der Waals surface area contributed by atoms with E-state index in [2.05, 4.69) is 19.2 Å². The van der Waals surface area contributed by atoms with Gasteiger partial charge in [-0.25, -0.2) is 4.79 Å². The third-order valence-corrected chi connectivity index (χ3v) is 7.11. The van der Waals surface area contributed by atoms with Crippen LogP contribution in [0.4, 0.5) is 4.79 Å². The second-order valence-electron chi connectivity index (χ2n) is 10.5. The fourth-order valence-electron chi connectivity index (χ4n) is 5.55. The smallest absolute Gasteiger partial charge is 0.408 e. The molecule has 2 aliphatic heterocycles. The van der Waals surface area contributed by atoms with Gasteiger partial charge in [0.25, 0.3) is 0 Å². The van der Waals surface area contributed by atoms with Crippen LogP contribution in [0.25, 0.3) is 0 Å². The Kier molecular flexibility index (Phi) is 7.27. The average molecular weight is 426 g/mol. The van der Waals surface area contributed by atoms with Gasteiger partial charge in [0.2, 0.25) is 0 Å². The number of ketones is 1. The number of alkyl carbamates (subject to hydrolysis) is 1. The first-order valence-corrected chi connectivity index (χ1v) is 11.1. The van der Waals surface area contributed by atoms with E-state index in [0.717, 1.165) is 0 Å². The second-order valence-corrected chi connectivity index (χ2v) is 10.5. The van der Waals surface area contributed by atoms with E-state index in [9.17, 15) is 19.5 Å². The summed E-state index contributed by atoms with van der Waals surface area (Å²) in [6, 6.07) is -0.608. The Morgan fingerprint density at radius 1 is 1.03 bits per heavy atom. The van der Waals surface area contributed by atoms with Crippen LogP contribution in [0.15, 0.2) is 0 Å². The van der Waals surface area contributed by atoms with Gasteiger partial charge in [0, 0.05) is 11.8 Å². The number of aliphatic hydroxyl groups is 1. The van der Waals surface area contributed by atoms with Crippen LogP contribution in [0.3, 0.4) is 0 Å². The molecule has 8 atom stereocenters. The van der Waals surface area contributed by atoms with E-state index < -0.39 is 47.7 Å². The lowest BCUT2D eigenvalue weighted by atomic mass is 9.71. The molecule has 0 aliphatic carbocycles. The normalized spacial score (nSPS) is 43.1. The van der Waals surface area contributed by atoms with Gasteiger partial charge in [0.05, 0.1) is 18.1 Å². The highest BCUT2D eigenvalue weighted by Gasteiger charge is 2.56. The number of nitrogens with one attached hydrogen (secondary N) is 1. The van der Waals surface area contributed by atoms with Crippen molar-refractivity contribution in [2.75, 3.05) is 0 Å². The Hall–Kier alpha value is -1.63. The number of ether oxygens (including phenoxy) is 2. The summed E-state index contributed by atoms with van der Waals surface area (Å²) in [6.07, 6.45) is -0.470. The summed E-state index contributed by atoms with van der Waals surface area (Å²) in [5, 5.41) is 13.6. The van der Waals surface area contributed by atoms with Crippen LogP contribution in [0.5, 0.6) is 0 Å². The Morgan fingerprint density at radius 3 is 2.20 bits per heavy atom. The Morgan fingerprint density at radius 2 is 1.63 bits per heavy atom. The predicted octanol–water partition coefficient (Wildman–Crippen LogP) is 3.47. The summed E-state index contributed by atoms with van der Waals surface area (Å²) in [4.78, 5) is 38.3. The first-order valence-electron chi connectivity index (χ1n) is 11.1. The molecule has 7 heteroatoms. The van der Waals surface area contributed by atoms with E-state index in [0.29, 0.717) is 19.3 Å². The number of cyclic esters (lactones) is 1. The minimum absolute atomic E-state index is 0.0462. The molecule has 1 amide bonds. The fraction of sp³-hybridized carbons (Fsp3) is 0.870. The van der Waals surface area contributed by atoms with Crippen molar-refractivity contribution in [2.24, 2.45) is 29.1 Å². The summed E-state index contributed by atoms with van der Waals surface area (Å²) in [6.45, 7) is 15.0. The zero-order valence-electron chi connectivity index (χ0n) is 19.7. The van der Waals surface area contributed by atoms with E-state index in [1.54, 1.807) is 20.8 Å². The lowest BCUT2D eigenvalue weighted by Crippen LogP contribution is -2.57. The van der Waals surface area contributed by atoms with E-state index in [1.807, 2.05) is 20.8 Å². The number of esters is 1. The van der Waals surface area contributed by atoms with Crippen molar-refractivity contribution in [3.8, 4) is 0 Å². The maximum atomic E-state index is 13.3. The standard InChI is InChI=1S/C23H39NO6/c1-9-16-23(8)19(24-21(28)30-23)14(4)17(25)12(2)10-22(6,7)11-13(3)18(26)15(5)20(27)29-16/h12-16,18-19,26H,9-11H2,1-8H3,(H,24,28)/t12-,13-,14+,15-,16-,18+,19-,23-/m1/s1. The molecule has 2 rings (SSSR count). The number of carbonyl (C=O) groups is 3. The SMILES string of the molecule is CC[C@H]1OC(=O)[C@H](C)[C@@H](O)[C@H](C)CC(C)(C)C[C@@H](C)C(=O)[C@H](C)[C@H]2NC(=O)O[C@@]21C. The second kappa shape index (κ2) is 8.85. The molecular formula is C23H39NO6. The highest BCUT2D eigenvalue weighted by Crippen LogP contribution is 2.40. The molecule has 2 heterocycles. The molecule has 0 aromatic carbocycles. The van der Waals surface area contributed by atoms with Crippen molar-refractivity contribution in [2.45, 2.75) is 98.5 Å². The molecule has 172 valence electrons. The Balaban J connectivity index is 2.49. The van der Waals surface area contributed by atoms with Gasteiger partial charge in [-0.15, -0.1) is 0 Å². The highest BCUT2D eigenvalue weighted by molar-refractivity contribution is 5.85. The molecule has 30 heavy (non-hydrogen) atoms. The zero-order valence-corrected chi connectivity index (χ0v) is 19.7. The zero-order chi connectivity index (χ0) is 23.0. The van der Waals surface area contributed by atoms with Gasteiger partial charge < -0.3 is 19.9 Å². The van der Waals surface area contributed by atoms with Crippen molar-refractivity contribution in [1.29, 1.82) is 0 Å². The Bertz CT molecular complexity index is 677. The molecule has 0 bridgehead atoms. The molecule has 0 saturated carbocycles. The van der Waals surface area contributed by atoms with Crippen LogP contribution in [0.2, 0.25) is 0 Å². The number of fused-ring (bicyclic) bond motifs is 1. The third-order valence-electron chi connectivity index (χ3n) is 7.11. The first-order chi connectivity index (χ1) is 13.7. The summed E-state index contributed by atoms with van der Waals surface area (Å²) in [5.41, 5.74) is -1.38. The molecule has 2 saturated heterocycles. The Labute approximate surface area is 180 Å². The topological polar surface area (TPSA) is 102 Å². The molecule has 0 radical (unpaired) electrons. The molecule has 0 unspecified atom stereocenters. The summed E-state index contributed by atoms with van der Waals surface area (Å²) in [7, 11) is 0. The van der Waals surface area contributed by atoms with Gasteiger partial charge in [0.1, 0.15) is 11.9 Å². The first kappa shape index (κ1) is 24.6. The predicted molar refractivity (Wildman–Crippen MR) is 113 cm³/mol. The van der Waals surface area contributed by atoms with Crippen molar-refractivity contribution < 1.29 is 29.0 Å². The number of hydrogen-bond donors (Lipinski definition) is 2. The van der Waals surface area contributed by atoms with E-state index in [1.165, 1.54) is 0 Å². The lowest BCUT2D eigenvalue weighted by molar-refractivity contribution is -0.173. The number of aliphatic hydroxyl groups excluding tert-OH is 1.